The summed E-state index contributed by atoms with van der Waals surface area (Å²) in [6.45, 7) is 8.04. The zero-order chi connectivity index (χ0) is 15.4. The van der Waals surface area contributed by atoms with Crippen LogP contribution in [0.25, 0.3) is 11.1 Å². The monoisotopic (exact) mass is 292 g/mol. The Kier molecular flexibility index (Phi) is 4.72. The van der Waals surface area contributed by atoms with E-state index in [9.17, 15) is 4.79 Å². The van der Waals surface area contributed by atoms with Crippen LogP contribution in [-0.2, 0) is 9.53 Å². The summed E-state index contributed by atoms with van der Waals surface area (Å²) in [6.07, 6.45) is 2.03. The van der Waals surface area contributed by atoms with Gasteiger partial charge in [0.25, 0.3) is 5.71 Å². The van der Waals surface area contributed by atoms with E-state index in [4.69, 9.17) is 9.26 Å². The van der Waals surface area contributed by atoms with Crippen LogP contribution in [0, 0.1) is 12.8 Å². The van der Waals surface area contributed by atoms with Gasteiger partial charge in [-0.25, -0.2) is 9.78 Å². The van der Waals surface area contributed by atoms with E-state index in [2.05, 4.69) is 20.4 Å². The molecule has 2 heterocycles. The molecule has 0 aliphatic rings. The normalized spacial score (nSPS) is 12.6. The summed E-state index contributed by atoms with van der Waals surface area (Å²) in [5, 5.41) is 7.70. The molecule has 7 nitrogen and oxygen atoms in total. The first-order valence-corrected chi connectivity index (χ1v) is 7.03. The molecule has 1 atom stereocenters. The van der Waals surface area contributed by atoms with Gasteiger partial charge in [-0.2, -0.15) is 4.98 Å². The third-order valence-corrected chi connectivity index (χ3v) is 3.03. The van der Waals surface area contributed by atoms with Crippen molar-refractivity contribution in [3.63, 3.8) is 0 Å². The lowest BCUT2D eigenvalue weighted by atomic mass is 10.0. The van der Waals surface area contributed by atoms with E-state index in [1.165, 1.54) is 6.33 Å². The van der Waals surface area contributed by atoms with E-state index in [0.29, 0.717) is 41.6 Å². The number of hydrogen-bond acceptors (Lipinski definition) is 7. The molecule has 0 spiro atoms. The lowest BCUT2D eigenvalue weighted by Gasteiger charge is -2.19. The molecule has 0 bridgehead atoms. The van der Waals surface area contributed by atoms with Crippen molar-refractivity contribution in [2.45, 2.75) is 40.2 Å². The number of esters is 1. The predicted octanol–water partition coefficient (Wildman–Crippen LogP) is 2.32. The summed E-state index contributed by atoms with van der Waals surface area (Å²) in [5.74, 6) is 0.595. The number of ether oxygens (including phenoxy) is 1. The van der Waals surface area contributed by atoms with Gasteiger partial charge in [0.2, 0.25) is 0 Å². The van der Waals surface area contributed by atoms with Crippen LogP contribution in [0.5, 0.6) is 0 Å². The van der Waals surface area contributed by atoms with Gasteiger partial charge in [0.05, 0.1) is 12.3 Å². The molecule has 0 saturated carbocycles. The highest BCUT2D eigenvalue weighted by molar-refractivity contribution is 5.89. The topological polar surface area (TPSA) is 90.1 Å². The van der Waals surface area contributed by atoms with Crippen LogP contribution < -0.4 is 5.32 Å². The van der Waals surface area contributed by atoms with Gasteiger partial charge in [0, 0.05) is 0 Å². The molecular formula is C14H20N4O3. The zero-order valence-electron chi connectivity index (χ0n) is 12.7. The zero-order valence-corrected chi connectivity index (χ0v) is 12.7. The fourth-order valence-electron chi connectivity index (χ4n) is 2.12. The number of hydrogen-bond donors (Lipinski definition) is 1. The Morgan fingerprint density at radius 3 is 2.86 bits per heavy atom. The Balaban J connectivity index is 2.29. The van der Waals surface area contributed by atoms with E-state index in [1.54, 1.807) is 6.92 Å². The average molecular weight is 292 g/mol. The minimum atomic E-state index is -0.461. The van der Waals surface area contributed by atoms with Gasteiger partial charge in [0.15, 0.2) is 0 Å². The second-order valence-corrected chi connectivity index (χ2v) is 5.25. The summed E-state index contributed by atoms with van der Waals surface area (Å²) in [5.41, 5.74) is 1.08. The molecule has 114 valence electrons. The van der Waals surface area contributed by atoms with Crippen LogP contribution in [0.2, 0.25) is 0 Å². The smallest absolute Gasteiger partial charge is 0.328 e. The number of nitrogens with zero attached hydrogens (tertiary/aromatic N) is 3. The van der Waals surface area contributed by atoms with Crippen molar-refractivity contribution < 1.29 is 14.1 Å². The molecule has 0 aliphatic heterocycles. The van der Waals surface area contributed by atoms with Gasteiger partial charge in [-0.15, -0.1) is 0 Å². The summed E-state index contributed by atoms with van der Waals surface area (Å²) in [6, 6.07) is -0.461. The highest BCUT2D eigenvalue weighted by atomic mass is 16.5. The van der Waals surface area contributed by atoms with E-state index in [-0.39, 0.29) is 5.97 Å². The molecule has 0 aliphatic carbocycles. The van der Waals surface area contributed by atoms with Crippen LogP contribution in [0.4, 0.5) is 5.82 Å². The molecule has 0 aromatic carbocycles. The number of carbonyl (C=O) groups is 1. The molecular weight excluding hydrogens is 272 g/mol. The van der Waals surface area contributed by atoms with Crippen LogP contribution >= 0.6 is 0 Å². The first kappa shape index (κ1) is 15.2. The number of rotatable bonds is 6. The van der Waals surface area contributed by atoms with Crippen molar-refractivity contribution in [2.75, 3.05) is 11.9 Å². The van der Waals surface area contributed by atoms with Gasteiger partial charge >= 0.3 is 5.97 Å². The highest BCUT2D eigenvalue weighted by Crippen LogP contribution is 2.24. The molecule has 21 heavy (non-hydrogen) atoms. The molecule has 7 heteroatoms. The fraction of sp³-hybridized carbons (Fsp3) is 0.571. The second-order valence-electron chi connectivity index (χ2n) is 5.25. The van der Waals surface area contributed by atoms with Crippen molar-refractivity contribution >= 4 is 22.9 Å². The quantitative estimate of drug-likeness (QED) is 0.817. The lowest BCUT2D eigenvalue weighted by Crippen LogP contribution is -2.33. The van der Waals surface area contributed by atoms with Crippen molar-refractivity contribution in [3.05, 3.63) is 12.0 Å². The molecule has 2 rings (SSSR count). The van der Waals surface area contributed by atoms with E-state index in [1.807, 2.05) is 20.8 Å². The molecule has 0 fully saturated rings. The van der Waals surface area contributed by atoms with Gasteiger partial charge < -0.3 is 14.6 Å². The first-order chi connectivity index (χ1) is 10.0. The third-order valence-electron chi connectivity index (χ3n) is 3.03. The number of nitrogens with one attached hydrogen (secondary N) is 1. The molecule has 1 N–H and O–H groups in total. The standard InChI is InChI=1S/C14H20N4O3/c1-5-20-14(19)10(6-8(2)3)17-12-11-9(4)18-21-13(11)16-7-15-12/h7-8,10H,5-6H2,1-4H3,(H,15,16,17). The Bertz CT molecular complexity index is 624. The van der Waals surface area contributed by atoms with Crippen LogP contribution in [0.3, 0.4) is 0 Å². The number of aromatic nitrogens is 3. The maximum atomic E-state index is 12.1. The van der Waals surface area contributed by atoms with Gasteiger partial charge in [-0.05, 0) is 26.2 Å². The number of fused-ring (bicyclic) bond motifs is 1. The van der Waals surface area contributed by atoms with Gasteiger partial charge in [-0.1, -0.05) is 19.0 Å². The van der Waals surface area contributed by atoms with E-state index in [0.717, 1.165) is 0 Å². The Labute approximate surface area is 123 Å². The number of aryl methyl sites for hydroxylation is 1. The van der Waals surface area contributed by atoms with E-state index < -0.39 is 6.04 Å². The number of carbonyl (C=O) groups excluding carboxylic acids is 1. The maximum Gasteiger partial charge on any atom is 0.328 e. The fourth-order valence-corrected chi connectivity index (χ4v) is 2.12. The second kappa shape index (κ2) is 6.51. The summed E-state index contributed by atoms with van der Waals surface area (Å²) >= 11 is 0. The van der Waals surface area contributed by atoms with Crippen molar-refractivity contribution in [2.24, 2.45) is 5.92 Å². The molecule has 0 radical (unpaired) electrons. The first-order valence-electron chi connectivity index (χ1n) is 7.03. The Hall–Kier alpha value is -2.18. The largest absolute Gasteiger partial charge is 0.464 e. The molecule has 0 saturated heterocycles. The molecule has 0 amide bonds. The van der Waals surface area contributed by atoms with Crippen LogP contribution in [0.15, 0.2) is 10.9 Å². The molecule has 2 aromatic heterocycles. The van der Waals surface area contributed by atoms with Crippen molar-refractivity contribution in [1.82, 2.24) is 15.1 Å². The van der Waals surface area contributed by atoms with Crippen LogP contribution in [0.1, 0.15) is 32.9 Å². The summed E-state index contributed by atoms with van der Waals surface area (Å²) in [7, 11) is 0. The minimum absolute atomic E-state index is 0.285. The molecule has 2 aromatic rings. The summed E-state index contributed by atoms with van der Waals surface area (Å²) < 4.78 is 10.2. The summed E-state index contributed by atoms with van der Waals surface area (Å²) in [4.78, 5) is 20.3. The SMILES string of the molecule is CCOC(=O)C(CC(C)C)Nc1ncnc2onc(C)c12. The lowest BCUT2D eigenvalue weighted by molar-refractivity contribution is -0.144. The molecule has 1 unspecified atom stereocenters. The highest BCUT2D eigenvalue weighted by Gasteiger charge is 2.23. The van der Waals surface area contributed by atoms with Crippen molar-refractivity contribution in [3.8, 4) is 0 Å². The van der Waals surface area contributed by atoms with Gasteiger partial charge in [0.1, 0.15) is 23.6 Å². The average Bonchev–Trinajstić information content (AvgIpc) is 2.81. The Morgan fingerprint density at radius 2 is 2.19 bits per heavy atom. The van der Waals surface area contributed by atoms with E-state index >= 15 is 0 Å². The third kappa shape index (κ3) is 3.48. The maximum absolute atomic E-state index is 12.1. The Morgan fingerprint density at radius 1 is 1.43 bits per heavy atom. The van der Waals surface area contributed by atoms with Crippen molar-refractivity contribution in [1.29, 1.82) is 0 Å². The predicted molar refractivity (Wildman–Crippen MR) is 77.8 cm³/mol. The van der Waals surface area contributed by atoms with Crippen LogP contribution in [-0.4, -0.2) is 33.7 Å². The number of anilines is 1. The minimum Gasteiger partial charge on any atom is -0.464 e. The van der Waals surface area contributed by atoms with Gasteiger partial charge in [-0.3, -0.25) is 0 Å².